The van der Waals surface area contributed by atoms with Crippen molar-refractivity contribution in [1.29, 1.82) is 0 Å². The SMILES string of the molecule is O=C(OC1CCCCC1)C(C(C(=O)OC1CCCCC1)S(=O)(=O)O)C(F)(F)F. The van der Waals surface area contributed by atoms with Gasteiger partial charge in [0.2, 0.25) is 5.25 Å². The minimum absolute atomic E-state index is 0.360. The Bertz CT molecular complexity index is 650. The molecule has 2 rings (SSSR count). The van der Waals surface area contributed by atoms with Crippen molar-refractivity contribution in [2.45, 2.75) is 87.8 Å². The number of hydrogen-bond donors (Lipinski definition) is 1. The van der Waals surface area contributed by atoms with Crippen LogP contribution in [0.3, 0.4) is 0 Å². The molecule has 2 aliphatic carbocycles. The van der Waals surface area contributed by atoms with Gasteiger partial charge in [-0.15, -0.1) is 0 Å². The summed E-state index contributed by atoms with van der Waals surface area (Å²) < 4.78 is 83.1. The number of hydrogen-bond acceptors (Lipinski definition) is 6. The molecule has 0 amide bonds. The predicted octanol–water partition coefficient (Wildman–Crippen LogP) is 3.17. The molecule has 0 spiro atoms. The highest BCUT2D eigenvalue weighted by atomic mass is 32.2. The number of carbonyl (C=O) groups excluding carboxylic acids is 2. The standard InChI is InChI=1S/C17H25F3O7S/c18-17(19,20)13(15(21)26-11-7-3-1-4-8-11)14(28(23,24)25)16(22)27-12-9-5-2-6-10-12/h11-14H,1-10H2,(H,23,24,25). The maximum absolute atomic E-state index is 13.6. The zero-order chi connectivity index (χ0) is 20.9. The predicted molar refractivity (Wildman–Crippen MR) is 90.8 cm³/mol. The van der Waals surface area contributed by atoms with Crippen LogP contribution in [0.1, 0.15) is 64.2 Å². The fourth-order valence-corrected chi connectivity index (χ4v) is 4.60. The lowest BCUT2D eigenvalue weighted by Crippen LogP contribution is -2.51. The Balaban J connectivity index is 2.23. The molecule has 11 heteroatoms. The van der Waals surface area contributed by atoms with Gasteiger partial charge in [0.25, 0.3) is 10.1 Å². The first-order valence-electron chi connectivity index (χ1n) is 9.44. The van der Waals surface area contributed by atoms with E-state index >= 15 is 0 Å². The van der Waals surface area contributed by atoms with Gasteiger partial charge in [0.05, 0.1) is 0 Å². The summed E-state index contributed by atoms with van der Waals surface area (Å²) in [6.07, 6.45) is -1.03. The van der Waals surface area contributed by atoms with Crippen molar-refractivity contribution in [1.82, 2.24) is 0 Å². The van der Waals surface area contributed by atoms with E-state index in [2.05, 4.69) is 0 Å². The Labute approximate surface area is 161 Å². The van der Waals surface area contributed by atoms with E-state index in [1.54, 1.807) is 0 Å². The van der Waals surface area contributed by atoms with Gasteiger partial charge in [-0.2, -0.15) is 21.6 Å². The van der Waals surface area contributed by atoms with Crippen LogP contribution in [-0.2, 0) is 29.2 Å². The third kappa shape index (κ3) is 6.33. The number of rotatable bonds is 6. The number of esters is 2. The molecule has 2 fully saturated rings. The molecule has 2 unspecified atom stereocenters. The van der Waals surface area contributed by atoms with E-state index in [1.165, 1.54) is 0 Å². The van der Waals surface area contributed by atoms with E-state index in [0.717, 1.165) is 12.8 Å². The third-order valence-electron chi connectivity index (χ3n) is 5.13. The smallest absolute Gasteiger partial charge is 0.404 e. The monoisotopic (exact) mass is 430 g/mol. The molecule has 0 aliphatic heterocycles. The van der Waals surface area contributed by atoms with Gasteiger partial charge in [0, 0.05) is 0 Å². The molecule has 28 heavy (non-hydrogen) atoms. The molecule has 0 aromatic heterocycles. The molecule has 1 N–H and O–H groups in total. The Morgan fingerprint density at radius 3 is 1.57 bits per heavy atom. The van der Waals surface area contributed by atoms with E-state index in [9.17, 15) is 35.7 Å². The first-order chi connectivity index (χ1) is 13.0. The van der Waals surface area contributed by atoms with E-state index in [-0.39, 0.29) is 0 Å². The lowest BCUT2D eigenvalue weighted by molar-refractivity contribution is -0.206. The second kappa shape index (κ2) is 9.43. The topological polar surface area (TPSA) is 107 Å². The van der Waals surface area contributed by atoms with E-state index < -0.39 is 51.6 Å². The molecule has 0 aromatic rings. The van der Waals surface area contributed by atoms with Crippen molar-refractivity contribution in [3.8, 4) is 0 Å². The number of alkyl halides is 3. The van der Waals surface area contributed by atoms with Gasteiger partial charge in [-0.05, 0) is 51.4 Å². The minimum atomic E-state index is -5.58. The fraction of sp³-hybridized carbons (Fsp3) is 0.882. The Hall–Kier alpha value is -1.36. The molecule has 162 valence electrons. The highest BCUT2D eigenvalue weighted by Gasteiger charge is 2.59. The summed E-state index contributed by atoms with van der Waals surface area (Å²) in [6.45, 7) is 0. The van der Waals surface area contributed by atoms with E-state index in [0.29, 0.717) is 51.4 Å². The molecule has 0 saturated heterocycles. The average Bonchev–Trinajstić information content (AvgIpc) is 2.59. The highest BCUT2D eigenvalue weighted by Crippen LogP contribution is 2.35. The molecule has 0 radical (unpaired) electrons. The first kappa shape index (κ1) is 22.9. The van der Waals surface area contributed by atoms with Crippen LogP contribution in [-0.4, -0.2) is 48.5 Å². The van der Waals surface area contributed by atoms with Crippen LogP contribution < -0.4 is 0 Å². The maximum atomic E-state index is 13.6. The summed E-state index contributed by atoms with van der Waals surface area (Å²) in [4.78, 5) is 24.5. The van der Waals surface area contributed by atoms with Gasteiger partial charge in [-0.3, -0.25) is 14.1 Å². The van der Waals surface area contributed by atoms with Crippen LogP contribution in [0.2, 0.25) is 0 Å². The molecular formula is C17H25F3O7S. The van der Waals surface area contributed by atoms with Crippen LogP contribution in [0, 0.1) is 5.92 Å². The van der Waals surface area contributed by atoms with Crippen molar-refractivity contribution < 1.29 is 45.2 Å². The van der Waals surface area contributed by atoms with Crippen molar-refractivity contribution in [3.05, 3.63) is 0 Å². The Morgan fingerprint density at radius 1 is 0.821 bits per heavy atom. The molecule has 2 atom stereocenters. The fourth-order valence-electron chi connectivity index (χ4n) is 3.69. The molecule has 0 heterocycles. The zero-order valence-corrected chi connectivity index (χ0v) is 16.1. The number of halogens is 3. The highest BCUT2D eigenvalue weighted by molar-refractivity contribution is 7.87. The van der Waals surface area contributed by atoms with Crippen LogP contribution in [0.5, 0.6) is 0 Å². The van der Waals surface area contributed by atoms with Crippen LogP contribution in [0.4, 0.5) is 13.2 Å². The van der Waals surface area contributed by atoms with Crippen molar-refractivity contribution in [3.63, 3.8) is 0 Å². The number of carbonyl (C=O) groups is 2. The minimum Gasteiger partial charge on any atom is -0.462 e. The van der Waals surface area contributed by atoms with E-state index in [4.69, 9.17) is 9.47 Å². The molecular weight excluding hydrogens is 405 g/mol. The maximum Gasteiger partial charge on any atom is 0.404 e. The molecule has 0 bridgehead atoms. The second-order valence-corrected chi connectivity index (χ2v) is 8.89. The lowest BCUT2D eigenvalue weighted by Gasteiger charge is -2.29. The molecule has 2 aliphatic rings. The van der Waals surface area contributed by atoms with Crippen molar-refractivity contribution >= 4 is 22.1 Å². The van der Waals surface area contributed by atoms with Crippen molar-refractivity contribution in [2.24, 2.45) is 5.92 Å². The van der Waals surface area contributed by atoms with Gasteiger partial charge in [0.1, 0.15) is 12.2 Å². The average molecular weight is 430 g/mol. The lowest BCUT2D eigenvalue weighted by atomic mass is 9.97. The largest absolute Gasteiger partial charge is 0.462 e. The van der Waals surface area contributed by atoms with Crippen LogP contribution >= 0.6 is 0 Å². The van der Waals surface area contributed by atoms with Crippen LogP contribution in [0.15, 0.2) is 0 Å². The van der Waals surface area contributed by atoms with Gasteiger partial charge < -0.3 is 9.47 Å². The molecule has 7 nitrogen and oxygen atoms in total. The normalized spacial score (nSPS) is 22.3. The van der Waals surface area contributed by atoms with Crippen molar-refractivity contribution in [2.75, 3.05) is 0 Å². The first-order valence-corrected chi connectivity index (χ1v) is 10.9. The molecule has 2 saturated carbocycles. The van der Waals surface area contributed by atoms with Gasteiger partial charge in [-0.25, -0.2) is 0 Å². The second-order valence-electron chi connectivity index (χ2n) is 7.35. The summed E-state index contributed by atoms with van der Waals surface area (Å²) in [5.41, 5.74) is 0. The summed E-state index contributed by atoms with van der Waals surface area (Å²) in [5.74, 6) is -7.01. The zero-order valence-electron chi connectivity index (χ0n) is 15.3. The van der Waals surface area contributed by atoms with E-state index in [1.807, 2.05) is 0 Å². The summed E-state index contributed by atoms with van der Waals surface area (Å²) in [6, 6.07) is 0. The Kier molecular flexibility index (Phi) is 7.72. The third-order valence-corrected chi connectivity index (χ3v) is 6.24. The number of ether oxygens (including phenoxy) is 2. The summed E-state index contributed by atoms with van der Waals surface area (Å²) in [7, 11) is -5.58. The van der Waals surface area contributed by atoms with Gasteiger partial charge in [0.15, 0.2) is 5.92 Å². The summed E-state index contributed by atoms with van der Waals surface area (Å²) >= 11 is 0. The quantitative estimate of drug-likeness (QED) is 0.509. The van der Waals surface area contributed by atoms with Crippen LogP contribution in [0.25, 0.3) is 0 Å². The van der Waals surface area contributed by atoms with Gasteiger partial charge in [-0.1, -0.05) is 12.8 Å². The van der Waals surface area contributed by atoms with Gasteiger partial charge >= 0.3 is 18.1 Å². The summed E-state index contributed by atoms with van der Waals surface area (Å²) in [5, 5.41) is -3.11. The Morgan fingerprint density at radius 2 is 1.21 bits per heavy atom. The molecule has 0 aromatic carbocycles.